The minimum atomic E-state index is -2.77. The number of rotatable bonds is 5. The van der Waals surface area contributed by atoms with E-state index in [1.165, 1.54) is 49.3 Å². The van der Waals surface area contributed by atoms with Gasteiger partial charge < -0.3 is 40.9 Å². The van der Waals surface area contributed by atoms with Crippen LogP contribution in [0.5, 0.6) is 17.2 Å². The highest BCUT2D eigenvalue weighted by Gasteiger charge is 2.64. The van der Waals surface area contributed by atoms with Gasteiger partial charge in [0.1, 0.15) is 28.6 Å². The predicted molar refractivity (Wildman–Crippen MR) is 156 cm³/mol. The lowest BCUT2D eigenvalue weighted by molar-refractivity contribution is -0.153. The lowest BCUT2D eigenvalue weighted by Gasteiger charge is -2.50. The molecule has 14 heteroatoms. The van der Waals surface area contributed by atoms with Gasteiger partial charge in [-0.15, -0.1) is 0 Å². The molecule has 2 aromatic carbocycles. The van der Waals surface area contributed by atoms with Crippen LogP contribution >= 0.6 is 0 Å². The van der Waals surface area contributed by atoms with Crippen molar-refractivity contribution < 1.29 is 49.4 Å². The third-order valence-corrected chi connectivity index (χ3v) is 8.46. The summed E-state index contributed by atoms with van der Waals surface area (Å²) < 4.78 is 5.20. The highest BCUT2D eigenvalue weighted by atomic mass is 16.6. The van der Waals surface area contributed by atoms with Crippen LogP contribution in [0, 0.1) is 11.8 Å². The standard InChI is InChI=1S/C30H32N4O10/c1-33(2)18-11-17(32-29(42)44-14-7-5-13(35)6-8-14)23(36)20-15(18)9-12-10-16-22(34(3)4)25(38)21(28(31)41)27(40)30(16,43)26(39)19(12)24(20)37/h5-8,11-12,16,22,35-37,40,43H,9-10H2,1-4H3,(H2,31,41)(H,32,42)/t12-,16-,22-,30-/m0/s1. The second kappa shape index (κ2) is 10.6. The molecule has 3 aliphatic rings. The van der Waals surface area contributed by atoms with E-state index in [0.717, 1.165) is 0 Å². The number of amides is 2. The molecule has 1 fully saturated rings. The first-order chi connectivity index (χ1) is 20.6. The Morgan fingerprint density at radius 2 is 1.68 bits per heavy atom. The zero-order valence-corrected chi connectivity index (χ0v) is 24.3. The number of carbonyl (C=O) groups is 4. The van der Waals surface area contributed by atoms with E-state index in [-0.39, 0.29) is 41.2 Å². The molecule has 2 amide bonds. The van der Waals surface area contributed by atoms with Gasteiger partial charge >= 0.3 is 6.09 Å². The van der Waals surface area contributed by atoms with Crippen LogP contribution in [-0.4, -0.2) is 93.8 Å². The second-order valence-corrected chi connectivity index (χ2v) is 11.5. The topological polar surface area (TPSA) is 223 Å². The third kappa shape index (κ3) is 4.50. The van der Waals surface area contributed by atoms with Crippen molar-refractivity contribution in [2.24, 2.45) is 17.6 Å². The van der Waals surface area contributed by atoms with Gasteiger partial charge in [-0.25, -0.2) is 4.79 Å². The fraction of sp³-hybridized carbons (Fsp3) is 0.333. The van der Waals surface area contributed by atoms with Gasteiger partial charge in [0.15, 0.2) is 17.1 Å². The van der Waals surface area contributed by atoms with Crippen molar-refractivity contribution in [1.29, 1.82) is 0 Å². The fourth-order valence-corrected chi connectivity index (χ4v) is 6.54. The number of aliphatic hydroxyl groups is 3. The normalized spacial score (nSPS) is 24.5. The molecule has 5 rings (SSSR count). The molecule has 0 aromatic heterocycles. The molecule has 0 bridgehead atoms. The number of hydrogen-bond acceptors (Lipinski definition) is 12. The van der Waals surface area contributed by atoms with E-state index < -0.39 is 69.9 Å². The van der Waals surface area contributed by atoms with E-state index in [9.17, 15) is 44.7 Å². The van der Waals surface area contributed by atoms with Crippen LogP contribution in [-0.2, 0) is 20.8 Å². The van der Waals surface area contributed by atoms with E-state index in [0.29, 0.717) is 11.3 Å². The Morgan fingerprint density at radius 1 is 1.05 bits per heavy atom. The van der Waals surface area contributed by atoms with Crippen molar-refractivity contribution >= 4 is 40.7 Å². The van der Waals surface area contributed by atoms with E-state index in [1.807, 2.05) is 0 Å². The molecule has 2 aromatic rings. The van der Waals surface area contributed by atoms with Crippen molar-refractivity contribution in [3.63, 3.8) is 0 Å². The molecule has 1 saturated carbocycles. The van der Waals surface area contributed by atoms with Crippen molar-refractivity contribution in [3.8, 4) is 17.2 Å². The smallest absolute Gasteiger partial charge is 0.417 e. The SMILES string of the molecule is CN(C)c1cc(NC(=O)Oc2ccc(O)cc2)c(O)c2c1C[C@H]1C[C@H]3[C@H](N(C)C)C(=O)C(C(N)=O)=C(O)[C@@]3(O)C(=O)C1=C2O. The number of fused-ring (bicyclic) bond motifs is 3. The molecule has 3 aliphatic carbocycles. The Balaban J connectivity index is 1.63. The van der Waals surface area contributed by atoms with Crippen molar-refractivity contribution in [1.82, 2.24) is 4.90 Å². The summed E-state index contributed by atoms with van der Waals surface area (Å²) in [6.07, 6.45) is -0.982. The number of likely N-dealkylation sites (N-methyl/N-ethyl adjacent to an activating group) is 1. The number of aromatic hydroxyl groups is 2. The molecule has 44 heavy (non-hydrogen) atoms. The molecular formula is C30H32N4O10. The number of carbonyl (C=O) groups excluding carboxylic acids is 4. The Labute approximate surface area is 251 Å². The monoisotopic (exact) mass is 608 g/mol. The van der Waals surface area contributed by atoms with Crippen LogP contribution in [0.25, 0.3) is 5.76 Å². The molecule has 0 radical (unpaired) electrons. The van der Waals surface area contributed by atoms with Gasteiger partial charge in [-0.3, -0.25) is 24.6 Å². The minimum Gasteiger partial charge on any atom is -0.508 e. The Bertz CT molecular complexity index is 1680. The average Bonchev–Trinajstić information content (AvgIpc) is 2.93. The number of Topliss-reactive ketones (excluding diaryl/α,β-unsaturated/α-hetero) is 2. The van der Waals surface area contributed by atoms with Gasteiger partial charge in [-0.1, -0.05) is 0 Å². The highest BCUT2D eigenvalue weighted by molar-refractivity contribution is 6.24. The van der Waals surface area contributed by atoms with Crippen LogP contribution in [0.2, 0.25) is 0 Å². The summed E-state index contributed by atoms with van der Waals surface area (Å²) in [6, 6.07) is 5.59. The van der Waals surface area contributed by atoms with E-state index in [2.05, 4.69) is 5.32 Å². The van der Waals surface area contributed by atoms with Gasteiger partial charge in [-0.05, 0) is 68.8 Å². The number of ether oxygens (including phenoxy) is 1. The number of hydrogen-bond donors (Lipinski definition) is 7. The van der Waals surface area contributed by atoms with Gasteiger partial charge in [-0.2, -0.15) is 0 Å². The minimum absolute atomic E-state index is 0.0394. The summed E-state index contributed by atoms with van der Waals surface area (Å²) in [7, 11) is 6.44. The number of aliphatic hydroxyl groups excluding tert-OH is 2. The molecule has 4 atom stereocenters. The summed E-state index contributed by atoms with van der Waals surface area (Å²) in [5, 5.41) is 57.5. The molecule has 0 spiro atoms. The van der Waals surface area contributed by atoms with Crippen LogP contribution in [0.4, 0.5) is 16.2 Å². The summed E-state index contributed by atoms with van der Waals surface area (Å²) in [4.78, 5) is 55.3. The zero-order chi connectivity index (χ0) is 32.4. The number of benzene rings is 2. The lowest BCUT2D eigenvalue weighted by Crippen LogP contribution is -2.65. The first-order valence-electron chi connectivity index (χ1n) is 13.6. The van der Waals surface area contributed by atoms with Gasteiger partial charge in [0.25, 0.3) is 5.91 Å². The van der Waals surface area contributed by atoms with Crippen LogP contribution < -0.4 is 20.7 Å². The summed E-state index contributed by atoms with van der Waals surface area (Å²) in [5.41, 5.74) is 1.91. The van der Waals surface area contributed by atoms with Gasteiger partial charge in [0, 0.05) is 31.3 Å². The molecule has 0 aliphatic heterocycles. The van der Waals surface area contributed by atoms with E-state index >= 15 is 0 Å². The van der Waals surface area contributed by atoms with Gasteiger partial charge in [0.2, 0.25) is 5.78 Å². The number of nitrogens with two attached hydrogens (primary N) is 1. The molecule has 0 heterocycles. The quantitative estimate of drug-likeness (QED) is 0.189. The number of nitrogens with one attached hydrogen (secondary N) is 1. The maximum absolute atomic E-state index is 14.1. The number of ketones is 2. The molecule has 0 unspecified atom stereocenters. The number of phenolic OH excluding ortho intramolecular Hbond substituents is 2. The van der Waals surface area contributed by atoms with Crippen LogP contribution in [0.15, 0.2) is 47.2 Å². The van der Waals surface area contributed by atoms with E-state index in [4.69, 9.17) is 10.5 Å². The molecule has 8 N–H and O–H groups in total. The van der Waals surface area contributed by atoms with Crippen molar-refractivity contribution in [2.75, 3.05) is 38.4 Å². The average molecular weight is 609 g/mol. The van der Waals surface area contributed by atoms with Crippen molar-refractivity contribution in [2.45, 2.75) is 24.5 Å². The Morgan fingerprint density at radius 3 is 2.25 bits per heavy atom. The molecule has 14 nitrogen and oxygen atoms in total. The summed E-state index contributed by atoms with van der Waals surface area (Å²) >= 11 is 0. The lowest BCUT2D eigenvalue weighted by atomic mass is 9.57. The maximum Gasteiger partial charge on any atom is 0.417 e. The third-order valence-electron chi connectivity index (χ3n) is 8.46. The summed E-state index contributed by atoms with van der Waals surface area (Å²) in [6.45, 7) is 0. The van der Waals surface area contributed by atoms with Crippen LogP contribution in [0.1, 0.15) is 17.5 Å². The first kappa shape index (κ1) is 30.4. The largest absolute Gasteiger partial charge is 0.508 e. The van der Waals surface area contributed by atoms with Crippen molar-refractivity contribution in [3.05, 3.63) is 58.4 Å². The Hall–Kier alpha value is -5.08. The molecular weight excluding hydrogens is 576 g/mol. The molecule has 232 valence electrons. The number of primary amides is 1. The zero-order valence-electron chi connectivity index (χ0n) is 24.3. The summed E-state index contributed by atoms with van der Waals surface area (Å²) in [5.74, 6) is -7.68. The first-order valence-corrected chi connectivity index (χ1v) is 13.6. The number of nitrogens with zero attached hydrogens (tertiary/aromatic N) is 2. The maximum atomic E-state index is 14.1. The fourth-order valence-electron chi connectivity index (χ4n) is 6.54. The van der Waals surface area contributed by atoms with E-state index in [1.54, 1.807) is 19.0 Å². The van der Waals surface area contributed by atoms with Crippen LogP contribution in [0.3, 0.4) is 0 Å². The predicted octanol–water partition coefficient (Wildman–Crippen LogP) is 1.35. The number of phenols is 2. The Kier molecular flexibility index (Phi) is 7.30. The number of anilines is 2. The van der Waals surface area contributed by atoms with Gasteiger partial charge in [0.05, 0.1) is 17.3 Å². The highest BCUT2D eigenvalue weighted by Crippen LogP contribution is 2.54. The second-order valence-electron chi connectivity index (χ2n) is 11.5. The molecule has 0 saturated heterocycles.